The number of para-hydroxylation sites is 3. The van der Waals surface area contributed by atoms with Crippen molar-refractivity contribution in [1.29, 1.82) is 0 Å². The number of fused-ring (bicyclic) bond motifs is 11. The quantitative estimate of drug-likeness (QED) is 0.124. The summed E-state index contributed by atoms with van der Waals surface area (Å²) in [7, 11) is -2.94. The smallest absolute Gasteiger partial charge is 0.184 e. The highest BCUT2D eigenvalue weighted by molar-refractivity contribution is 7.21. The summed E-state index contributed by atoms with van der Waals surface area (Å²) in [5, 5.41) is 11.0. The van der Waals surface area contributed by atoms with E-state index in [0.717, 1.165) is 72.4 Å². The highest BCUT2D eigenvalue weighted by Gasteiger charge is 2.49. The molecule has 5 heterocycles. The van der Waals surface area contributed by atoms with Gasteiger partial charge in [0.15, 0.2) is 8.07 Å². The highest BCUT2D eigenvalue weighted by atomic mass is 28.3. The zero-order valence-corrected chi connectivity index (χ0v) is 35.0. The van der Waals surface area contributed by atoms with Crippen molar-refractivity contribution in [3.63, 3.8) is 0 Å². The lowest BCUT2D eigenvalue weighted by Gasteiger charge is -2.45. The summed E-state index contributed by atoms with van der Waals surface area (Å²) >= 11 is 0. The van der Waals surface area contributed by atoms with Gasteiger partial charge in [0.25, 0.3) is 0 Å². The molecule has 12 aromatic rings. The van der Waals surface area contributed by atoms with Crippen LogP contribution >= 0.6 is 0 Å². The first kappa shape index (κ1) is 35.5. The number of hydrogen-bond donors (Lipinski definition) is 0. The first-order valence-corrected chi connectivity index (χ1v) is 23.3. The fourth-order valence-corrected chi connectivity index (χ4v) is 15.5. The Kier molecular flexibility index (Phi) is 7.82. The van der Waals surface area contributed by atoms with E-state index in [4.69, 9.17) is 14.7 Å². The summed E-state index contributed by atoms with van der Waals surface area (Å²) in [5.74, 6) is 2.32. The second-order valence-electron chi connectivity index (χ2n) is 16.2. The molecule has 0 fully saturated rings. The Labute approximate surface area is 364 Å². The Bertz CT molecular complexity index is 3680. The minimum atomic E-state index is -2.94. The van der Waals surface area contributed by atoms with Crippen molar-refractivity contribution in [2.24, 2.45) is 0 Å². The molecular formula is C56H37N5OSi. The first-order valence-electron chi connectivity index (χ1n) is 21.3. The van der Waals surface area contributed by atoms with Crippen LogP contribution in [0.1, 0.15) is 0 Å². The molecule has 0 bridgehead atoms. The molecule has 6 nitrogen and oxygen atoms in total. The third-order valence-electron chi connectivity index (χ3n) is 12.9. The van der Waals surface area contributed by atoms with Gasteiger partial charge in [0.1, 0.15) is 23.0 Å². The second kappa shape index (κ2) is 13.9. The number of imidazole rings is 1. The summed E-state index contributed by atoms with van der Waals surface area (Å²) in [6.45, 7) is 0. The molecule has 0 N–H and O–H groups in total. The fourth-order valence-electron chi connectivity index (χ4n) is 10.3. The minimum absolute atomic E-state index is 0.738. The van der Waals surface area contributed by atoms with Crippen molar-refractivity contribution in [2.75, 3.05) is 4.90 Å². The SMILES string of the molecule is c1ccc(N2c3ccccc3[Si](c3ccccc3)(c3ccccc3)c3cc4c5ccc(Oc6ccc7c8ccccc8n8ccnc8c7c6)cc5n(-c5ccccn5)c4cc32)cc1. The summed E-state index contributed by atoms with van der Waals surface area (Å²) in [4.78, 5) is 12.2. The second-order valence-corrected chi connectivity index (χ2v) is 19.9. The van der Waals surface area contributed by atoms with Gasteiger partial charge in [0.2, 0.25) is 0 Å². The number of anilines is 3. The Hall–Kier alpha value is -8.26. The van der Waals surface area contributed by atoms with Crippen molar-refractivity contribution in [3.8, 4) is 17.3 Å². The predicted molar refractivity (Wildman–Crippen MR) is 261 cm³/mol. The van der Waals surface area contributed by atoms with E-state index in [0.29, 0.717) is 0 Å². The van der Waals surface area contributed by atoms with Gasteiger partial charge < -0.3 is 9.64 Å². The van der Waals surface area contributed by atoms with Crippen molar-refractivity contribution in [2.45, 2.75) is 0 Å². The molecule has 0 unspecified atom stereocenters. The van der Waals surface area contributed by atoms with E-state index in [2.05, 4.69) is 214 Å². The lowest BCUT2D eigenvalue weighted by atomic mass is 10.1. The molecule has 13 rings (SSSR count). The van der Waals surface area contributed by atoms with E-state index in [1.54, 1.807) is 0 Å². The van der Waals surface area contributed by atoms with E-state index in [-0.39, 0.29) is 0 Å². The largest absolute Gasteiger partial charge is 0.457 e. The highest BCUT2D eigenvalue weighted by Crippen LogP contribution is 2.43. The maximum absolute atomic E-state index is 6.81. The average molecular weight is 824 g/mol. The topological polar surface area (TPSA) is 47.6 Å². The predicted octanol–water partition coefficient (Wildman–Crippen LogP) is 11.1. The molecule has 0 saturated carbocycles. The average Bonchev–Trinajstić information content (AvgIpc) is 3.97. The van der Waals surface area contributed by atoms with Crippen LogP contribution in [0.25, 0.3) is 54.9 Å². The molecule has 1 aliphatic heterocycles. The molecule has 4 aromatic heterocycles. The summed E-state index contributed by atoms with van der Waals surface area (Å²) in [6.07, 6.45) is 5.76. The molecule has 0 amide bonds. The van der Waals surface area contributed by atoms with Crippen molar-refractivity contribution < 1.29 is 4.74 Å². The monoisotopic (exact) mass is 823 g/mol. The molecule has 63 heavy (non-hydrogen) atoms. The van der Waals surface area contributed by atoms with Crippen molar-refractivity contribution in [3.05, 3.63) is 225 Å². The summed E-state index contributed by atoms with van der Waals surface area (Å²) < 4.78 is 11.3. The number of aromatic nitrogens is 4. The van der Waals surface area contributed by atoms with E-state index in [9.17, 15) is 0 Å². The summed E-state index contributed by atoms with van der Waals surface area (Å²) in [6, 6.07) is 74.6. The van der Waals surface area contributed by atoms with Crippen molar-refractivity contribution in [1.82, 2.24) is 18.9 Å². The molecule has 7 heteroatoms. The Morgan fingerprint density at radius 1 is 0.413 bits per heavy atom. The number of hydrogen-bond acceptors (Lipinski definition) is 4. The van der Waals surface area contributed by atoms with Gasteiger partial charge in [0, 0.05) is 63.3 Å². The number of nitrogens with zero attached hydrogens (tertiary/aromatic N) is 5. The molecule has 0 saturated heterocycles. The van der Waals surface area contributed by atoms with Gasteiger partial charge in [-0.2, -0.15) is 0 Å². The van der Waals surface area contributed by atoms with Gasteiger partial charge in [-0.05, 0) is 105 Å². The number of pyridine rings is 2. The van der Waals surface area contributed by atoms with Crippen LogP contribution in [-0.2, 0) is 0 Å². The lowest BCUT2D eigenvalue weighted by molar-refractivity contribution is 0.484. The van der Waals surface area contributed by atoms with Crippen LogP contribution in [0.5, 0.6) is 11.5 Å². The number of ether oxygens (including phenoxy) is 1. The van der Waals surface area contributed by atoms with Crippen LogP contribution in [0.3, 0.4) is 0 Å². The van der Waals surface area contributed by atoms with Crippen LogP contribution in [0.4, 0.5) is 17.1 Å². The lowest BCUT2D eigenvalue weighted by Crippen LogP contribution is -2.77. The number of benzene rings is 8. The Balaban J connectivity index is 1.08. The fraction of sp³-hybridized carbons (Fsp3) is 0. The van der Waals surface area contributed by atoms with E-state index in [1.807, 2.05) is 24.7 Å². The first-order chi connectivity index (χ1) is 31.3. The maximum atomic E-state index is 6.81. The third-order valence-corrected chi connectivity index (χ3v) is 17.8. The third kappa shape index (κ3) is 5.24. The minimum Gasteiger partial charge on any atom is -0.457 e. The van der Waals surface area contributed by atoms with Crippen LogP contribution in [0, 0.1) is 0 Å². The molecule has 0 radical (unpaired) electrons. The van der Waals surface area contributed by atoms with Gasteiger partial charge in [-0.3, -0.25) is 8.97 Å². The molecule has 8 aromatic carbocycles. The van der Waals surface area contributed by atoms with Gasteiger partial charge in [-0.15, -0.1) is 0 Å². The number of rotatable bonds is 6. The normalized spacial score (nSPS) is 13.2. The van der Waals surface area contributed by atoms with E-state index >= 15 is 0 Å². The molecule has 296 valence electrons. The zero-order chi connectivity index (χ0) is 41.5. The van der Waals surface area contributed by atoms with Crippen LogP contribution in [0.2, 0.25) is 0 Å². The standard InChI is InChI=1S/C56H37N5OSi/c1-4-16-38(17-5-1)60-49-24-12-13-25-53(49)63(41-18-6-2-7-19-41,42-20-8-3-9-21-42)54-36-46-45-30-28-40(35-50(45)61(51(46)37-52(54)60)55-26-14-15-31-57-55)62-39-27-29-43-44-22-10-11-23-48(44)59-33-32-58-56(59)47(43)34-39/h1-37H. The van der Waals surface area contributed by atoms with Gasteiger partial charge in [0.05, 0.1) is 16.6 Å². The van der Waals surface area contributed by atoms with Crippen molar-refractivity contribution >= 4 is 95.0 Å². The Morgan fingerprint density at radius 2 is 1.06 bits per heavy atom. The van der Waals surface area contributed by atoms with Gasteiger partial charge >= 0.3 is 0 Å². The van der Waals surface area contributed by atoms with E-state index < -0.39 is 8.07 Å². The Morgan fingerprint density at radius 3 is 1.84 bits per heavy atom. The van der Waals surface area contributed by atoms with Crippen LogP contribution < -0.4 is 30.4 Å². The van der Waals surface area contributed by atoms with E-state index in [1.165, 1.54) is 31.8 Å². The maximum Gasteiger partial charge on any atom is 0.184 e. The van der Waals surface area contributed by atoms with Gasteiger partial charge in [-0.25, -0.2) is 9.97 Å². The molecule has 0 spiro atoms. The molecule has 0 atom stereocenters. The molecule has 0 aliphatic carbocycles. The van der Waals surface area contributed by atoms with Crippen LogP contribution in [-0.4, -0.2) is 27.0 Å². The molecule has 1 aliphatic rings. The molecular weight excluding hydrogens is 787 g/mol. The zero-order valence-electron chi connectivity index (χ0n) is 34.0. The van der Waals surface area contributed by atoms with Gasteiger partial charge in [-0.1, -0.05) is 121 Å². The summed E-state index contributed by atoms with van der Waals surface area (Å²) in [5.41, 5.74) is 7.59. The van der Waals surface area contributed by atoms with Crippen LogP contribution in [0.15, 0.2) is 225 Å².